The number of nitrogens with one attached hydrogen (secondary N) is 1. The zero-order chi connectivity index (χ0) is 19.6. The van der Waals surface area contributed by atoms with Crippen LogP contribution in [0.15, 0.2) is 48.5 Å². The van der Waals surface area contributed by atoms with Gasteiger partial charge in [-0.05, 0) is 28.2 Å². The van der Waals surface area contributed by atoms with Gasteiger partial charge in [0.15, 0.2) is 0 Å². The second-order valence-corrected chi connectivity index (χ2v) is 8.44. The van der Waals surface area contributed by atoms with Gasteiger partial charge in [0.2, 0.25) is 0 Å². The van der Waals surface area contributed by atoms with Crippen LogP contribution in [-0.2, 0) is 15.0 Å². The van der Waals surface area contributed by atoms with E-state index < -0.39 is 28.1 Å². The number of halogens is 1. The zero-order valence-electron chi connectivity index (χ0n) is 15.2. The molecule has 3 rings (SSSR count). The largest absolute Gasteiger partial charge is 0.449 e. The molecular weight excluding hydrogens is 369 g/mol. The van der Waals surface area contributed by atoms with E-state index >= 15 is 0 Å². The van der Waals surface area contributed by atoms with Crippen molar-refractivity contribution in [2.75, 3.05) is 12.4 Å². The highest BCUT2D eigenvalue weighted by Crippen LogP contribution is 2.44. The van der Waals surface area contributed by atoms with Crippen LogP contribution in [-0.4, -0.2) is 32.9 Å². The summed E-state index contributed by atoms with van der Waals surface area (Å²) >= 11 is 0. The van der Waals surface area contributed by atoms with Gasteiger partial charge in [0.05, 0.1) is 6.04 Å². The number of hydrogen-bond donors (Lipinski definition) is 1. The van der Waals surface area contributed by atoms with Crippen molar-refractivity contribution >= 4 is 16.3 Å². The summed E-state index contributed by atoms with van der Waals surface area (Å²) in [4.78, 5) is 12.2. The van der Waals surface area contributed by atoms with Crippen LogP contribution in [0.1, 0.15) is 30.9 Å². The Labute approximate surface area is 158 Å². The molecule has 1 aliphatic rings. The van der Waals surface area contributed by atoms with Crippen LogP contribution < -0.4 is 5.32 Å². The monoisotopic (exact) mass is 391 g/mol. The molecule has 2 aromatic carbocycles. The van der Waals surface area contributed by atoms with Crippen molar-refractivity contribution in [1.29, 1.82) is 0 Å². The van der Waals surface area contributed by atoms with Gasteiger partial charge in [-0.2, -0.15) is 8.42 Å². The molecule has 1 N–H and O–H groups in total. The summed E-state index contributed by atoms with van der Waals surface area (Å²) in [5.74, 6) is -1.11. The van der Waals surface area contributed by atoms with Crippen molar-refractivity contribution < 1.29 is 21.8 Å². The van der Waals surface area contributed by atoms with Gasteiger partial charge in [0.25, 0.3) is 0 Å². The first-order valence-corrected chi connectivity index (χ1v) is 10.4. The fraction of sp³-hybridized carbons (Fsp3) is 0.350. The summed E-state index contributed by atoms with van der Waals surface area (Å²) in [7, 11) is -4.69. The van der Waals surface area contributed by atoms with E-state index in [2.05, 4.69) is 5.32 Å². The standard InChI is InChI=1S/C20H22FNO4S/c1-13(2)19(12-27(21,24)25)22-20(23)26-11-18-16-9-5-3-7-14(16)15-8-4-6-10-17(15)18/h3-10,13,18-19H,11-12H2,1-2H3,(H,22,23)/t19-/m1/s1. The fourth-order valence-electron chi connectivity index (χ4n) is 3.41. The molecule has 0 saturated heterocycles. The number of benzene rings is 2. The van der Waals surface area contributed by atoms with Crippen LogP contribution in [0, 0.1) is 5.92 Å². The third-order valence-electron chi connectivity index (χ3n) is 4.83. The molecular formula is C20H22FNO4S. The quantitative estimate of drug-likeness (QED) is 0.759. The molecule has 0 bridgehead atoms. The minimum Gasteiger partial charge on any atom is -0.449 e. The molecule has 1 atom stereocenters. The van der Waals surface area contributed by atoms with E-state index in [-0.39, 0.29) is 18.4 Å². The Kier molecular flexibility index (Phi) is 5.51. The molecule has 1 amide bonds. The Morgan fingerprint density at radius 1 is 1.07 bits per heavy atom. The topological polar surface area (TPSA) is 72.5 Å². The molecule has 0 aromatic heterocycles. The number of alkyl carbamates (subject to hydrolysis) is 1. The summed E-state index contributed by atoms with van der Waals surface area (Å²) in [5, 5.41) is 2.46. The second-order valence-electron chi connectivity index (χ2n) is 7.03. The lowest BCUT2D eigenvalue weighted by Crippen LogP contribution is -2.43. The van der Waals surface area contributed by atoms with Crippen LogP contribution >= 0.6 is 0 Å². The smallest absolute Gasteiger partial charge is 0.407 e. The summed E-state index contributed by atoms with van der Waals surface area (Å²) < 4.78 is 40.2. The number of fused-ring (bicyclic) bond motifs is 3. The highest BCUT2D eigenvalue weighted by Gasteiger charge is 2.30. The van der Waals surface area contributed by atoms with E-state index in [9.17, 15) is 17.1 Å². The predicted octanol–water partition coefficient (Wildman–Crippen LogP) is 3.85. The first kappa shape index (κ1) is 19.4. The SMILES string of the molecule is CC(C)[C@@H](CS(=O)(=O)F)NC(=O)OCC1c2ccccc2-c2ccccc21. The second kappa shape index (κ2) is 7.68. The highest BCUT2D eigenvalue weighted by molar-refractivity contribution is 7.86. The molecule has 0 saturated carbocycles. The lowest BCUT2D eigenvalue weighted by molar-refractivity contribution is 0.137. The van der Waals surface area contributed by atoms with E-state index in [1.807, 2.05) is 48.5 Å². The van der Waals surface area contributed by atoms with Gasteiger partial charge in [-0.15, -0.1) is 3.89 Å². The Hall–Kier alpha value is -2.41. The summed E-state index contributed by atoms with van der Waals surface area (Å²) in [5.41, 5.74) is 4.40. The Balaban J connectivity index is 1.70. The van der Waals surface area contributed by atoms with Gasteiger partial charge in [-0.3, -0.25) is 0 Å². The van der Waals surface area contributed by atoms with Crippen molar-refractivity contribution in [2.45, 2.75) is 25.8 Å². The number of hydrogen-bond acceptors (Lipinski definition) is 4. The Morgan fingerprint density at radius 2 is 1.59 bits per heavy atom. The first-order chi connectivity index (χ1) is 12.8. The molecule has 0 radical (unpaired) electrons. The van der Waals surface area contributed by atoms with Crippen LogP contribution in [0.25, 0.3) is 11.1 Å². The van der Waals surface area contributed by atoms with Crippen LogP contribution in [0.4, 0.5) is 8.68 Å². The minimum absolute atomic E-state index is 0.0921. The Bertz CT molecular complexity index is 897. The van der Waals surface area contributed by atoms with Crippen LogP contribution in [0.5, 0.6) is 0 Å². The van der Waals surface area contributed by atoms with Crippen LogP contribution in [0.2, 0.25) is 0 Å². The molecule has 0 unspecified atom stereocenters. The van der Waals surface area contributed by atoms with Crippen molar-refractivity contribution in [3.05, 3.63) is 59.7 Å². The lowest BCUT2D eigenvalue weighted by atomic mass is 9.98. The van der Waals surface area contributed by atoms with Crippen molar-refractivity contribution in [3.63, 3.8) is 0 Å². The molecule has 0 aliphatic heterocycles. The third-order valence-corrected chi connectivity index (χ3v) is 5.59. The number of ether oxygens (including phenoxy) is 1. The van der Waals surface area contributed by atoms with Gasteiger partial charge >= 0.3 is 16.3 Å². The number of rotatable bonds is 6. The molecule has 7 heteroatoms. The molecule has 2 aromatic rings. The van der Waals surface area contributed by atoms with Crippen molar-refractivity contribution in [1.82, 2.24) is 5.32 Å². The molecule has 1 aliphatic carbocycles. The molecule has 5 nitrogen and oxygen atoms in total. The van der Waals surface area contributed by atoms with Gasteiger partial charge in [0, 0.05) is 5.92 Å². The molecule has 0 heterocycles. The predicted molar refractivity (Wildman–Crippen MR) is 102 cm³/mol. The maximum atomic E-state index is 13.0. The van der Waals surface area contributed by atoms with Crippen LogP contribution in [0.3, 0.4) is 0 Å². The molecule has 144 valence electrons. The molecule has 0 fully saturated rings. The van der Waals surface area contributed by atoms with Crippen molar-refractivity contribution in [3.8, 4) is 11.1 Å². The van der Waals surface area contributed by atoms with Crippen molar-refractivity contribution in [2.24, 2.45) is 5.92 Å². The molecule has 27 heavy (non-hydrogen) atoms. The zero-order valence-corrected chi connectivity index (χ0v) is 16.0. The Morgan fingerprint density at radius 3 is 2.07 bits per heavy atom. The number of carbonyl (C=O) groups is 1. The first-order valence-electron chi connectivity index (χ1n) is 8.80. The van der Waals surface area contributed by atoms with E-state index in [0.717, 1.165) is 22.3 Å². The summed E-state index contributed by atoms with van der Waals surface area (Å²) in [6, 6.07) is 15.1. The average molecular weight is 391 g/mol. The number of amides is 1. The molecule has 0 spiro atoms. The van der Waals surface area contributed by atoms with E-state index in [1.165, 1.54) is 0 Å². The normalized spacial score (nSPS) is 14.5. The van der Waals surface area contributed by atoms with E-state index in [0.29, 0.717) is 0 Å². The van der Waals surface area contributed by atoms with E-state index in [1.54, 1.807) is 13.8 Å². The minimum atomic E-state index is -4.69. The van der Waals surface area contributed by atoms with Gasteiger partial charge in [-0.1, -0.05) is 62.4 Å². The lowest BCUT2D eigenvalue weighted by Gasteiger charge is -2.21. The van der Waals surface area contributed by atoms with E-state index in [4.69, 9.17) is 4.74 Å². The third kappa shape index (κ3) is 4.47. The maximum Gasteiger partial charge on any atom is 0.407 e. The highest BCUT2D eigenvalue weighted by atomic mass is 32.3. The summed E-state index contributed by atoms with van der Waals surface area (Å²) in [6.45, 7) is 3.53. The average Bonchev–Trinajstić information content (AvgIpc) is 2.92. The fourth-order valence-corrected chi connectivity index (χ4v) is 4.30. The summed E-state index contributed by atoms with van der Waals surface area (Å²) in [6.07, 6.45) is -0.751. The van der Waals surface area contributed by atoms with Gasteiger partial charge in [0.1, 0.15) is 12.4 Å². The van der Waals surface area contributed by atoms with Gasteiger partial charge < -0.3 is 10.1 Å². The maximum absolute atomic E-state index is 13.0. The number of carbonyl (C=O) groups excluding carboxylic acids is 1. The van der Waals surface area contributed by atoms with Gasteiger partial charge in [-0.25, -0.2) is 4.79 Å².